The fourth-order valence-corrected chi connectivity index (χ4v) is 6.24. The van der Waals surface area contributed by atoms with Gasteiger partial charge >= 0.3 is 0 Å². The molecule has 0 bridgehead atoms. The number of nitrogens with zero attached hydrogens (tertiary/aromatic N) is 1. The highest BCUT2D eigenvalue weighted by Gasteiger charge is 2.29. The van der Waals surface area contributed by atoms with Crippen LogP contribution in [-0.4, -0.2) is 44.9 Å². The molecule has 0 saturated carbocycles. The number of fused-ring (bicyclic) bond motifs is 1. The van der Waals surface area contributed by atoms with E-state index in [1.807, 2.05) is 12.1 Å². The maximum atomic E-state index is 13.2. The number of methoxy groups -OCH3 is 1. The van der Waals surface area contributed by atoms with Crippen molar-refractivity contribution in [2.24, 2.45) is 0 Å². The van der Waals surface area contributed by atoms with Crippen LogP contribution in [-0.2, 0) is 27.7 Å². The normalized spacial score (nSPS) is 17.6. The summed E-state index contributed by atoms with van der Waals surface area (Å²) in [6, 6.07) is 10.7. The van der Waals surface area contributed by atoms with Gasteiger partial charge in [0.05, 0.1) is 7.11 Å². The van der Waals surface area contributed by atoms with E-state index in [0.29, 0.717) is 18.8 Å². The number of hydrogen-bond donors (Lipinski definition) is 1. The van der Waals surface area contributed by atoms with Gasteiger partial charge in [0.2, 0.25) is 10.0 Å². The Morgan fingerprint density at radius 2 is 1.76 bits per heavy atom. The van der Waals surface area contributed by atoms with E-state index in [1.165, 1.54) is 35.0 Å². The molecule has 1 aliphatic carbocycles. The molecule has 2 aliphatic rings. The Balaban J connectivity index is 1.51. The van der Waals surface area contributed by atoms with Crippen LogP contribution in [0.1, 0.15) is 50.2 Å². The predicted octanol–water partition coefficient (Wildman–Crippen LogP) is 4.15. The molecular formula is C25H32N2O5S. The third-order valence-electron chi connectivity index (χ3n) is 6.39. The molecule has 1 atom stereocenters. The molecule has 1 N–H and O–H groups in total. The monoisotopic (exact) mass is 472 g/mol. The van der Waals surface area contributed by atoms with Gasteiger partial charge < -0.3 is 14.8 Å². The summed E-state index contributed by atoms with van der Waals surface area (Å²) in [4.78, 5) is 12.9. The number of sulfonamides is 1. The highest BCUT2D eigenvalue weighted by atomic mass is 32.2. The summed E-state index contributed by atoms with van der Waals surface area (Å²) in [5.74, 6) is 0.673. The van der Waals surface area contributed by atoms with E-state index < -0.39 is 16.1 Å². The van der Waals surface area contributed by atoms with Crippen molar-refractivity contribution in [2.45, 2.75) is 62.9 Å². The van der Waals surface area contributed by atoms with Crippen LogP contribution in [0.3, 0.4) is 0 Å². The minimum absolute atomic E-state index is 0.0652. The van der Waals surface area contributed by atoms with Crippen molar-refractivity contribution in [3.05, 3.63) is 47.5 Å². The maximum Gasteiger partial charge on any atom is 0.265 e. The molecule has 178 valence electrons. The average Bonchev–Trinajstić information content (AvgIpc) is 2.84. The lowest BCUT2D eigenvalue weighted by Crippen LogP contribution is -2.36. The van der Waals surface area contributed by atoms with Crippen molar-refractivity contribution in [2.75, 3.05) is 25.5 Å². The van der Waals surface area contributed by atoms with Crippen molar-refractivity contribution < 1.29 is 22.7 Å². The first kappa shape index (κ1) is 23.6. The second-order valence-electron chi connectivity index (χ2n) is 8.68. The summed E-state index contributed by atoms with van der Waals surface area (Å²) in [7, 11) is -2.27. The zero-order chi connectivity index (χ0) is 23.4. The van der Waals surface area contributed by atoms with Gasteiger partial charge in [-0.25, -0.2) is 8.42 Å². The van der Waals surface area contributed by atoms with E-state index in [2.05, 4.69) is 11.4 Å². The molecule has 1 amide bonds. The number of hydrogen-bond acceptors (Lipinski definition) is 5. The standard InChI is InChI=1S/C25H32N2O5S/c1-18(32-22-12-8-10-19-9-4-5-11-21(19)22)25(28)26-20-13-14-23(31-2)24(17-20)33(29,30)27-15-6-3-7-16-27/h8,10,12-14,17-18H,3-7,9,11,15-16H2,1-2H3,(H,26,28)/t18-/m1/s1. The lowest BCUT2D eigenvalue weighted by atomic mass is 9.91. The maximum absolute atomic E-state index is 13.2. The van der Waals surface area contributed by atoms with E-state index in [9.17, 15) is 13.2 Å². The van der Waals surface area contributed by atoms with E-state index in [0.717, 1.165) is 44.3 Å². The molecule has 33 heavy (non-hydrogen) atoms. The lowest BCUT2D eigenvalue weighted by Gasteiger charge is -2.26. The summed E-state index contributed by atoms with van der Waals surface area (Å²) in [6.45, 7) is 2.69. The van der Waals surface area contributed by atoms with Gasteiger partial charge in [-0.05, 0) is 80.8 Å². The van der Waals surface area contributed by atoms with Crippen LogP contribution in [0.15, 0.2) is 41.3 Å². The summed E-state index contributed by atoms with van der Waals surface area (Å²) in [5.41, 5.74) is 2.86. The Hall–Kier alpha value is -2.58. The zero-order valence-electron chi connectivity index (χ0n) is 19.3. The fourth-order valence-electron chi connectivity index (χ4n) is 4.54. The number of nitrogens with one attached hydrogen (secondary N) is 1. The molecule has 1 heterocycles. The molecule has 2 aromatic carbocycles. The highest BCUT2D eigenvalue weighted by Crippen LogP contribution is 2.32. The molecule has 1 aliphatic heterocycles. The van der Waals surface area contributed by atoms with Crippen LogP contribution in [0.5, 0.6) is 11.5 Å². The Labute approximate surface area is 196 Å². The van der Waals surface area contributed by atoms with Crippen LogP contribution in [0.2, 0.25) is 0 Å². The minimum Gasteiger partial charge on any atom is -0.495 e. The molecule has 0 unspecified atom stereocenters. The van der Waals surface area contributed by atoms with Gasteiger partial charge in [0, 0.05) is 18.8 Å². The smallest absolute Gasteiger partial charge is 0.265 e. The first-order valence-corrected chi connectivity index (χ1v) is 13.1. The lowest BCUT2D eigenvalue weighted by molar-refractivity contribution is -0.122. The first-order valence-electron chi connectivity index (χ1n) is 11.7. The van der Waals surface area contributed by atoms with Crippen LogP contribution in [0, 0.1) is 0 Å². The average molecular weight is 473 g/mol. The van der Waals surface area contributed by atoms with E-state index in [-0.39, 0.29) is 16.6 Å². The largest absolute Gasteiger partial charge is 0.495 e. The fraction of sp³-hybridized carbons (Fsp3) is 0.480. The molecule has 1 saturated heterocycles. The Morgan fingerprint density at radius 3 is 2.52 bits per heavy atom. The van der Waals surface area contributed by atoms with Gasteiger partial charge in [-0.15, -0.1) is 0 Å². The number of carbonyl (C=O) groups excluding carboxylic acids is 1. The number of piperidine rings is 1. The second kappa shape index (κ2) is 10.1. The van der Waals surface area contributed by atoms with E-state index in [1.54, 1.807) is 19.1 Å². The van der Waals surface area contributed by atoms with Gasteiger partial charge in [0.25, 0.3) is 5.91 Å². The van der Waals surface area contributed by atoms with Crippen LogP contribution in [0.25, 0.3) is 0 Å². The number of amides is 1. The van der Waals surface area contributed by atoms with E-state index >= 15 is 0 Å². The van der Waals surface area contributed by atoms with Crippen molar-refractivity contribution in [3.63, 3.8) is 0 Å². The minimum atomic E-state index is -3.72. The van der Waals surface area contributed by atoms with Gasteiger partial charge in [0.15, 0.2) is 6.10 Å². The molecule has 8 heteroatoms. The highest BCUT2D eigenvalue weighted by molar-refractivity contribution is 7.89. The van der Waals surface area contributed by atoms with Gasteiger partial charge in [-0.2, -0.15) is 4.31 Å². The van der Waals surface area contributed by atoms with Crippen molar-refractivity contribution >= 4 is 21.6 Å². The van der Waals surface area contributed by atoms with Crippen molar-refractivity contribution in [1.82, 2.24) is 4.31 Å². The number of benzene rings is 2. The van der Waals surface area contributed by atoms with Crippen LogP contribution < -0.4 is 14.8 Å². The number of rotatable bonds is 7. The molecule has 0 radical (unpaired) electrons. The van der Waals surface area contributed by atoms with Crippen molar-refractivity contribution in [3.8, 4) is 11.5 Å². The van der Waals surface area contributed by atoms with Gasteiger partial charge in [-0.3, -0.25) is 4.79 Å². The molecule has 1 fully saturated rings. The predicted molar refractivity (Wildman–Crippen MR) is 127 cm³/mol. The Kier molecular flexibility index (Phi) is 7.24. The number of aryl methyl sites for hydroxylation is 1. The SMILES string of the molecule is COc1ccc(NC(=O)[C@@H](C)Oc2cccc3c2CCCC3)cc1S(=O)(=O)N1CCCCC1. The molecule has 0 spiro atoms. The summed E-state index contributed by atoms with van der Waals surface area (Å²) in [6.07, 6.45) is 6.26. The second-order valence-corrected chi connectivity index (χ2v) is 10.6. The quantitative estimate of drug-likeness (QED) is 0.654. The van der Waals surface area contributed by atoms with Crippen LogP contribution in [0.4, 0.5) is 5.69 Å². The summed E-state index contributed by atoms with van der Waals surface area (Å²) >= 11 is 0. The first-order chi connectivity index (χ1) is 15.9. The number of anilines is 1. The molecular weight excluding hydrogens is 440 g/mol. The number of ether oxygens (including phenoxy) is 2. The van der Waals surface area contributed by atoms with Crippen molar-refractivity contribution in [1.29, 1.82) is 0 Å². The zero-order valence-corrected chi connectivity index (χ0v) is 20.1. The summed E-state index contributed by atoms with van der Waals surface area (Å²) < 4.78 is 39.3. The Morgan fingerprint density at radius 1 is 1.00 bits per heavy atom. The number of carbonyl (C=O) groups is 1. The third kappa shape index (κ3) is 5.17. The molecule has 4 rings (SSSR count). The molecule has 7 nitrogen and oxygen atoms in total. The molecule has 2 aromatic rings. The third-order valence-corrected chi connectivity index (χ3v) is 8.31. The van der Waals surface area contributed by atoms with Gasteiger partial charge in [0.1, 0.15) is 16.4 Å². The van der Waals surface area contributed by atoms with Gasteiger partial charge in [-0.1, -0.05) is 18.6 Å². The molecule has 0 aromatic heterocycles. The van der Waals surface area contributed by atoms with Crippen LogP contribution >= 0.6 is 0 Å². The van der Waals surface area contributed by atoms with E-state index in [4.69, 9.17) is 9.47 Å². The summed E-state index contributed by atoms with van der Waals surface area (Å²) in [5, 5.41) is 2.81. The Bertz CT molecular complexity index is 1110. The topological polar surface area (TPSA) is 84.9 Å².